The number of aromatic nitrogens is 6. The monoisotopic (exact) mass is 2220 g/mol. The zero-order valence-electron chi connectivity index (χ0n) is 74.9. The first kappa shape index (κ1) is 109. The summed E-state index contributed by atoms with van der Waals surface area (Å²) >= 11 is 40.7. The lowest BCUT2D eigenvalue weighted by atomic mass is 10.1. The number of imide groups is 1. The topological polar surface area (TPSA) is 254 Å². The molecule has 0 unspecified atom stereocenters. The first-order chi connectivity index (χ1) is 68.3. The Bertz CT molecular complexity index is 8090. The number of fused-ring (bicyclic) bond motifs is 6. The van der Waals surface area contributed by atoms with Crippen molar-refractivity contribution in [2.24, 2.45) is 0 Å². The van der Waals surface area contributed by atoms with Gasteiger partial charge in [-0.1, -0.05) is 229 Å². The van der Waals surface area contributed by atoms with Crippen molar-refractivity contribution >= 4 is 242 Å². The van der Waals surface area contributed by atoms with E-state index in [2.05, 4.69) is 178 Å². The number of amides is 3. The van der Waals surface area contributed by atoms with Crippen LogP contribution in [-0.4, -0.2) is 64.6 Å². The molecule has 720 valence electrons. The third-order valence-electron chi connectivity index (χ3n) is 20.3. The molecule has 12 aromatic carbocycles. The lowest BCUT2D eigenvalue weighted by molar-refractivity contribution is -0.127. The smallest absolute Gasteiger partial charge is 0.357 e. The number of nitrogens with zero attached hydrogens (tertiary/aromatic N) is 7. The minimum atomic E-state index is -5.04. The largest absolute Gasteiger partial charge is 0.372 e. The van der Waals surface area contributed by atoms with Gasteiger partial charge in [0.15, 0.2) is 0 Å². The summed E-state index contributed by atoms with van der Waals surface area (Å²) in [5.74, 6) is -10.1. The minimum Gasteiger partial charge on any atom is -0.372 e. The van der Waals surface area contributed by atoms with Gasteiger partial charge in [-0.15, -0.1) is 47.0 Å². The van der Waals surface area contributed by atoms with Crippen molar-refractivity contribution in [1.82, 2.24) is 38.7 Å². The van der Waals surface area contributed by atoms with E-state index in [0.29, 0.717) is 37.1 Å². The number of pyridine rings is 6. The fourth-order valence-corrected chi connectivity index (χ4v) is 19.4. The Morgan fingerprint density at radius 3 is 1.15 bits per heavy atom. The summed E-state index contributed by atoms with van der Waals surface area (Å²) in [6.07, 6.45) is 9.11. The number of thiol groups is 1. The molecule has 37 heteroatoms. The third-order valence-corrected chi connectivity index (χ3v) is 28.8. The van der Waals surface area contributed by atoms with Gasteiger partial charge in [0.25, 0.3) is 28.1 Å². The van der Waals surface area contributed by atoms with E-state index >= 15 is 0 Å². The van der Waals surface area contributed by atoms with Gasteiger partial charge in [0.05, 0.1) is 19.7 Å². The van der Waals surface area contributed by atoms with Crippen LogP contribution in [0, 0.1) is 48.8 Å². The van der Waals surface area contributed by atoms with Gasteiger partial charge in [-0.25, -0.2) is 36.9 Å². The molecule has 4 N–H and O–H groups in total. The zero-order valence-corrected chi connectivity index (χ0v) is 86.1. The predicted molar refractivity (Wildman–Crippen MR) is 574 cm³/mol. The standard InChI is InChI=1S/C17H11ClN2S.C17H12N2OS.C16H12BrNOS.C16H4ClF5N2O3S.C16H13NOS.C9H6BrNO.C7H8S.C5H6Cl2N2O2.C2H6/c1-19-16-10-20-17(18)14-8-7-13(9-15(14)16)21-11-12-5-3-2-4-6-12;1-18-16-10-19-17(20)14-8-7-13(9-15(14)16)21-11-12-5-3-2-4-6-12;17-15-9-18-16(19)13-7-6-12(8-14(13)15)20-10-11-4-2-1-3-5-11;1-23-9-5-24-16(17)7-3-2-6(4-8(7)9)28(25,26)27-15-13(21)11(19)10(18)12(20)14(15)22;18-16-15-7-6-14(10-13(15)8-9-17-16)19-11-12-4-2-1-3-5-12;10-7-1-2-8-6(5-7)3-4-11-9(8)12;8-6-7-4-2-1-3-5-7;1-5(2)3(10)8(6)4(11)9(5)7;1-2/h2-10H,11H2;2-10H,11H2,(H,19,20);1-9H,10H2,(H,18,19);2-5H;1-10H,11H2,(H,17,18);1-5H,(H,11,12);1-5,8H,6H2;1-2H3;1-2H3. The Kier molecular flexibility index (Phi) is 40.5. The summed E-state index contributed by atoms with van der Waals surface area (Å²) in [6, 6.07) is 86.6. The quantitative estimate of drug-likeness (QED) is 0.00576. The average Bonchev–Trinajstić information content (AvgIpc) is 0.928. The number of aromatic amines is 4. The molecule has 6 aromatic heterocycles. The molecule has 19 rings (SSSR count). The van der Waals surface area contributed by atoms with E-state index < -0.39 is 67.3 Å². The van der Waals surface area contributed by atoms with Crippen molar-refractivity contribution in [3.8, 4) is 5.75 Å². The zero-order chi connectivity index (χ0) is 102. The SMILES string of the molecule is CC.CC1(C)C(=O)N(Cl)C(=O)N1Cl.O=c1[nH]cc(Br)c2cc(SCc3ccccc3)ccc12.O=c1[nH]ccc2cc(Br)ccc12.O=c1[nH]ccc2cc(SCc3ccccc3)ccc12.SCc1ccccc1.[C-]#[N+]c1c[nH]c(=O)c2ccc(SCc3ccccc3)cc12.[C-]#[N+]c1cnc(Cl)c2ccc(S(=O)(=O)Oc3c(F)c(F)c(F)c(F)c3F)cc12.[C-]#[N+]c1cnc(Cl)c2ccc(SCc3ccccc3)cc12. The van der Waals surface area contributed by atoms with Crippen molar-refractivity contribution in [3.63, 3.8) is 0 Å². The van der Waals surface area contributed by atoms with Crippen LogP contribution < -0.4 is 26.4 Å². The summed E-state index contributed by atoms with van der Waals surface area (Å²) in [6.45, 7) is 28.5. The molecule has 1 aliphatic rings. The number of rotatable bonds is 16. The first-order valence-electron chi connectivity index (χ1n) is 42.2. The molecular weight excluding hydrogens is 2150 g/mol. The minimum absolute atomic E-state index is 0.0251. The highest BCUT2D eigenvalue weighted by atomic mass is 79.9. The van der Waals surface area contributed by atoms with Gasteiger partial charge in [-0.05, 0) is 182 Å². The van der Waals surface area contributed by atoms with Crippen LogP contribution in [0.1, 0.15) is 55.5 Å². The fourth-order valence-electron chi connectivity index (χ4n) is 13.0. The molecule has 7 heterocycles. The molecule has 1 fully saturated rings. The summed E-state index contributed by atoms with van der Waals surface area (Å²) in [5.41, 5.74) is 6.00. The normalized spacial score (nSPS) is 11.6. The van der Waals surface area contributed by atoms with E-state index in [4.69, 9.17) is 66.5 Å². The molecule has 0 radical (unpaired) electrons. The summed E-state index contributed by atoms with van der Waals surface area (Å²) < 4.78 is 98.9. The molecule has 20 nitrogen and oxygen atoms in total. The van der Waals surface area contributed by atoms with Crippen molar-refractivity contribution in [2.75, 3.05) is 0 Å². The lowest BCUT2D eigenvalue weighted by Gasteiger charge is -2.18. The van der Waals surface area contributed by atoms with Crippen LogP contribution in [0.15, 0.2) is 363 Å². The Balaban J connectivity index is 0.000000158. The number of carbonyl (C=O) groups excluding carboxylic acids is 2. The van der Waals surface area contributed by atoms with E-state index in [-0.39, 0.29) is 43.9 Å². The van der Waals surface area contributed by atoms with E-state index in [1.54, 1.807) is 77.8 Å². The van der Waals surface area contributed by atoms with Gasteiger partial charge in [-0.2, -0.15) is 34.2 Å². The van der Waals surface area contributed by atoms with Gasteiger partial charge >= 0.3 is 16.1 Å². The molecule has 1 saturated heterocycles. The fraction of sp³-hybridized carbons (Fsp3) is 0.0952. The van der Waals surface area contributed by atoms with E-state index in [9.17, 15) is 59.1 Å². The summed E-state index contributed by atoms with van der Waals surface area (Å²) in [7, 11) is -5.04. The highest BCUT2D eigenvalue weighted by Crippen LogP contribution is 2.40. The molecular formula is C105H78Br2Cl4F5N11O9S6. The molecule has 0 saturated carbocycles. The van der Waals surface area contributed by atoms with Gasteiger partial charge in [0, 0.05) is 156 Å². The van der Waals surface area contributed by atoms with E-state index in [1.807, 2.05) is 172 Å². The van der Waals surface area contributed by atoms with Crippen LogP contribution in [0.4, 0.5) is 43.8 Å². The third kappa shape index (κ3) is 28.9. The van der Waals surface area contributed by atoms with Crippen LogP contribution in [0.3, 0.4) is 0 Å². The Morgan fingerprint density at radius 1 is 0.415 bits per heavy atom. The first-order valence-corrected chi connectivity index (χ1v) is 51.2. The van der Waals surface area contributed by atoms with Gasteiger partial charge < -0.3 is 24.1 Å². The molecule has 0 bridgehead atoms. The number of hydrogen-bond acceptors (Lipinski definition) is 16. The van der Waals surface area contributed by atoms with Gasteiger partial charge in [0.2, 0.25) is 51.9 Å². The number of hydrogen-bond donors (Lipinski definition) is 5. The van der Waals surface area contributed by atoms with Crippen LogP contribution in [0.5, 0.6) is 5.75 Å². The average molecular weight is 2230 g/mol. The molecule has 0 spiro atoms. The van der Waals surface area contributed by atoms with Crippen molar-refractivity contribution in [3.05, 3.63) is 462 Å². The molecule has 0 atom stereocenters. The summed E-state index contributed by atoms with van der Waals surface area (Å²) in [4.78, 5) is 101. The van der Waals surface area contributed by atoms with Gasteiger partial charge in [0.1, 0.15) is 20.7 Å². The maximum Gasteiger partial charge on any atom is 0.357 e. The Hall–Kier alpha value is -13.0. The molecule has 3 amide bonds. The van der Waals surface area contributed by atoms with Gasteiger partial charge in [-0.3, -0.25) is 33.9 Å². The maximum absolute atomic E-state index is 13.7. The number of carbonyl (C=O) groups is 2. The summed E-state index contributed by atoms with van der Waals surface area (Å²) in [5, 5.41) is 8.65. The number of halogens is 11. The molecule has 1 aliphatic heterocycles. The van der Waals surface area contributed by atoms with Crippen LogP contribution in [-0.2, 0) is 43.7 Å². The molecule has 18 aromatic rings. The van der Waals surface area contributed by atoms with Crippen molar-refractivity contribution in [1.29, 1.82) is 0 Å². The second kappa shape index (κ2) is 52.6. The molecule has 0 aliphatic carbocycles. The maximum atomic E-state index is 13.7. The molecule has 142 heavy (non-hydrogen) atoms. The second-order valence-corrected chi connectivity index (χ2v) is 39.2. The number of H-pyrrole nitrogens is 4. The van der Waals surface area contributed by atoms with Crippen molar-refractivity contribution < 1.29 is 44.1 Å². The van der Waals surface area contributed by atoms with Crippen molar-refractivity contribution in [2.45, 2.75) is 86.5 Å². The predicted octanol–water partition coefficient (Wildman–Crippen LogP) is 30.2. The number of thioether (sulfide) groups is 4. The number of benzene rings is 12. The van der Waals surface area contributed by atoms with E-state index in [0.717, 1.165) is 119 Å². The van der Waals surface area contributed by atoms with Crippen LogP contribution >= 0.6 is 138 Å². The van der Waals surface area contributed by atoms with Crippen LogP contribution in [0.25, 0.3) is 79.2 Å². The number of nitrogens with one attached hydrogen (secondary N) is 4. The second-order valence-electron chi connectivity index (χ2n) is 30.0. The lowest BCUT2D eigenvalue weighted by Crippen LogP contribution is -2.38. The van der Waals surface area contributed by atoms with E-state index in [1.165, 1.54) is 59.0 Å². The highest BCUT2D eigenvalue weighted by molar-refractivity contribution is 9.11. The Morgan fingerprint density at radius 2 is 0.761 bits per heavy atom. The highest BCUT2D eigenvalue weighted by Gasteiger charge is 2.51. The van der Waals surface area contributed by atoms with Crippen LogP contribution in [0.2, 0.25) is 10.3 Å². The number of urea groups is 1. The Labute approximate surface area is 871 Å².